The Morgan fingerprint density at radius 2 is 2.29 bits per heavy atom. The highest BCUT2D eigenvalue weighted by atomic mass is 79.9. The van der Waals surface area contributed by atoms with Crippen LogP contribution in [0.5, 0.6) is 5.75 Å². The number of benzene rings is 1. The van der Waals surface area contributed by atoms with Crippen LogP contribution in [0.4, 0.5) is 0 Å². The van der Waals surface area contributed by atoms with Crippen molar-refractivity contribution in [1.29, 1.82) is 0 Å². The van der Waals surface area contributed by atoms with Crippen LogP contribution in [0.1, 0.15) is 10.4 Å². The number of carboxylic acid groups (broad SMARTS) is 1. The molecule has 1 rings (SSSR count). The number of carbonyl (C=O) groups is 1. The van der Waals surface area contributed by atoms with Crippen molar-refractivity contribution in [2.75, 3.05) is 6.61 Å². The molecular weight excluding hydrogens is 248 g/mol. The third-order valence-corrected chi connectivity index (χ3v) is 1.90. The number of carboxylic acids is 1. The molecule has 14 heavy (non-hydrogen) atoms. The molecule has 0 saturated heterocycles. The predicted molar refractivity (Wildman–Crippen MR) is 55.4 cm³/mol. The molecule has 0 aromatic heterocycles. The molecule has 0 bridgehead atoms. The Hall–Kier alpha value is -1.47. The van der Waals surface area contributed by atoms with E-state index >= 15 is 0 Å². The lowest BCUT2D eigenvalue weighted by Crippen LogP contribution is -1.99. The third kappa shape index (κ3) is 2.79. The highest BCUT2D eigenvalue weighted by Gasteiger charge is 2.06. The summed E-state index contributed by atoms with van der Waals surface area (Å²) in [5, 5.41) is 8.74. The molecule has 72 valence electrons. The largest absolute Gasteiger partial charge is 0.481 e. The van der Waals surface area contributed by atoms with Gasteiger partial charge in [0, 0.05) is 4.47 Å². The topological polar surface area (TPSA) is 46.5 Å². The fourth-order valence-electron chi connectivity index (χ4n) is 0.895. The van der Waals surface area contributed by atoms with Gasteiger partial charge in [0.25, 0.3) is 0 Å². The normalized spacial score (nSPS) is 9.14. The zero-order valence-corrected chi connectivity index (χ0v) is 8.74. The molecule has 1 N–H and O–H groups in total. The number of rotatable bonds is 3. The van der Waals surface area contributed by atoms with Gasteiger partial charge in [-0.25, -0.2) is 4.79 Å². The molecular formula is C10H7BrO3. The van der Waals surface area contributed by atoms with Crippen molar-refractivity contribution in [3.8, 4) is 18.1 Å². The number of hydrogen-bond acceptors (Lipinski definition) is 2. The molecule has 0 aliphatic carbocycles. The van der Waals surface area contributed by atoms with Gasteiger partial charge in [-0.15, -0.1) is 6.42 Å². The first-order chi connectivity index (χ1) is 6.63. The fourth-order valence-corrected chi connectivity index (χ4v) is 1.37. The van der Waals surface area contributed by atoms with Gasteiger partial charge in [0.2, 0.25) is 0 Å². The van der Waals surface area contributed by atoms with E-state index in [0.717, 1.165) is 0 Å². The van der Waals surface area contributed by atoms with E-state index in [1.54, 1.807) is 6.07 Å². The molecule has 4 heteroatoms. The van der Waals surface area contributed by atoms with Gasteiger partial charge in [0.05, 0.1) is 5.56 Å². The Balaban J connectivity index is 2.96. The van der Waals surface area contributed by atoms with E-state index in [9.17, 15) is 4.79 Å². The van der Waals surface area contributed by atoms with Crippen molar-refractivity contribution < 1.29 is 14.6 Å². The number of aromatic carboxylic acids is 1. The smallest absolute Gasteiger partial charge is 0.335 e. The molecule has 3 nitrogen and oxygen atoms in total. The minimum Gasteiger partial charge on any atom is -0.481 e. The van der Waals surface area contributed by atoms with Crippen LogP contribution in [0.15, 0.2) is 22.7 Å². The van der Waals surface area contributed by atoms with E-state index in [1.165, 1.54) is 12.1 Å². The molecule has 0 atom stereocenters. The zero-order valence-electron chi connectivity index (χ0n) is 7.16. The van der Waals surface area contributed by atoms with Crippen molar-refractivity contribution in [2.45, 2.75) is 0 Å². The van der Waals surface area contributed by atoms with Crippen molar-refractivity contribution in [2.24, 2.45) is 0 Å². The second-order valence-electron chi connectivity index (χ2n) is 2.47. The predicted octanol–water partition coefficient (Wildman–Crippen LogP) is 2.16. The molecule has 1 aromatic carbocycles. The maximum Gasteiger partial charge on any atom is 0.335 e. The van der Waals surface area contributed by atoms with Gasteiger partial charge >= 0.3 is 5.97 Å². The lowest BCUT2D eigenvalue weighted by atomic mass is 10.2. The number of halogens is 1. The standard InChI is InChI=1S/C10H7BrO3/c1-2-3-14-9-5-7(10(12)13)4-8(11)6-9/h1,4-6H,3H2,(H,12,13). The molecule has 0 unspecified atom stereocenters. The number of ether oxygens (including phenoxy) is 1. The van der Waals surface area contributed by atoms with E-state index in [-0.39, 0.29) is 12.2 Å². The molecule has 0 spiro atoms. The summed E-state index contributed by atoms with van der Waals surface area (Å²) in [5.41, 5.74) is 0.159. The Kier molecular flexibility index (Phi) is 3.55. The molecule has 0 saturated carbocycles. The van der Waals surface area contributed by atoms with Gasteiger partial charge in [0.15, 0.2) is 0 Å². The average Bonchev–Trinajstić information content (AvgIpc) is 2.14. The first-order valence-electron chi connectivity index (χ1n) is 3.73. The maximum atomic E-state index is 10.7. The summed E-state index contributed by atoms with van der Waals surface area (Å²) in [7, 11) is 0. The lowest BCUT2D eigenvalue weighted by Gasteiger charge is -2.04. The third-order valence-electron chi connectivity index (χ3n) is 1.44. The Morgan fingerprint density at radius 3 is 2.86 bits per heavy atom. The molecule has 0 radical (unpaired) electrons. The number of terminal acetylenes is 1. The summed E-state index contributed by atoms with van der Waals surface area (Å²) in [4.78, 5) is 10.7. The van der Waals surface area contributed by atoms with Crippen LogP contribution >= 0.6 is 15.9 Å². The fraction of sp³-hybridized carbons (Fsp3) is 0.100. The molecule has 0 heterocycles. The molecule has 0 aliphatic rings. The minimum absolute atomic E-state index is 0.121. The van der Waals surface area contributed by atoms with Crippen molar-refractivity contribution in [3.63, 3.8) is 0 Å². The minimum atomic E-state index is -1.00. The van der Waals surface area contributed by atoms with Crippen LogP contribution in [-0.4, -0.2) is 17.7 Å². The summed E-state index contributed by atoms with van der Waals surface area (Å²) < 4.78 is 5.74. The first kappa shape index (κ1) is 10.6. The van der Waals surface area contributed by atoms with Gasteiger partial charge in [-0.1, -0.05) is 21.9 Å². The van der Waals surface area contributed by atoms with Crippen LogP contribution < -0.4 is 4.74 Å². The van der Waals surface area contributed by atoms with E-state index in [4.69, 9.17) is 16.3 Å². The van der Waals surface area contributed by atoms with E-state index < -0.39 is 5.97 Å². The second kappa shape index (κ2) is 4.68. The Bertz CT molecular complexity index is 393. The van der Waals surface area contributed by atoms with Crippen LogP contribution in [0, 0.1) is 12.3 Å². The first-order valence-corrected chi connectivity index (χ1v) is 4.53. The second-order valence-corrected chi connectivity index (χ2v) is 3.39. The van der Waals surface area contributed by atoms with E-state index in [2.05, 4.69) is 21.9 Å². The number of hydrogen-bond donors (Lipinski definition) is 1. The Labute approximate surface area is 89.8 Å². The van der Waals surface area contributed by atoms with E-state index in [0.29, 0.717) is 10.2 Å². The van der Waals surface area contributed by atoms with Gasteiger partial charge in [0.1, 0.15) is 12.4 Å². The Morgan fingerprint density at radius 1 is 1.57 bits per heavy atom. The summed E-state index contributed by atoms with van der Waals surface area (Å²) in [6, 6.07) is 4.57. The summed E-state index contributed by atoms with van der Waals surface area (Å²) in [5.74, 6) is 1.74. The molecule has 0 fully saturated rings. The maximum absolute atomic E-state index is 10.7. The molecule has 0 amide bonds. The van der Waals surface area contributed by atoms with Crippen LogP contribution in [0.3, 0.4) is 0 Å². The quantitative estimate of drug-likeness (QED) is 0.842. The highest BCUT2D eigenvalue weighted by Crippen LogP contribution is 2.21. The van der Waals surface area contributed by atoms with E-state index in [1.807, 2.05) is 0 Å². The molecule has 1 aromatic rings. The van der Waals surface area contributed by atoms with Crippen molar-refractivity contribution in [3.05, 3.63) is 28.2 Å². The molecule has 0 aliphatic heterocycles. The van der Waals surface area contributed by atoms with Crippen LogP contribution in [0.2, 0.25) is 0 Å². The summed E-state index contributed by atoms with van der Waals surface area (Å²) >= 11 is 3.18. The van der Waals surface area contributed by atoms with Gasteiger partial charge < -0.3 is 9.84 Å². The van der Waals surface area contributed by atoms with Gasteiger partial charge in [-0.2, -0.15) is 0 Å². The SMILES string of the molecule is C#CCOc1cc(Br)cc(C(=O)O)c1. The van der Waals surface area contributed by atoms with Crippen LogP contribution in [0.25, 0.3) is 0 Å². The monoisotopic (exact) mass is 254 g/mol. The van der Waals surface area contributed by atoms with Gasteiger partial charge in [-0.3, -0.25) is 0 Å². The summed E-state index contributed by atoms with van der Waals surface area (Å²) in [6.45, 7) is 0.121. The van der Waals surface area contributed by atoms with Gasteiger partial charge in [-0.05, 0) is 18.2 Å². The highest BCUT2D eigenvalue weighted by molar-refractivity contribution is 9.10. The average molecular weight is 255 g/mol. The summed E-state index contributed by atoms with van der Waals surface area (Å²) in [6.07, 6.45) is 5.01. The van der Waals surface area contributed by atoms with Crippen LogP contribution in [-0.2, 0) is 0 Å². The van der Waals surface area contributed by atoms with Crippen molar-refractivity contribution in [1.82, 2.24) is 0 Å². The zero-order chi connectivity index (χ0) is 10.6. The van der Waals surface area contributed by atoms with Crippen molar-refractivity contribution >= 4 is 21.9 Å². The lowest BCUT2D eigenvalue weighted by molar-refractivity contribution is 0.0696.